The molecule has 2 nitrogen and oxygen atoms in total. The molecule has 2 rings (SSSR count). The fourth-order valence-corrected chi connectivity index (χ4v) is 2.62. The Labute approximate surface area is 110 Å². The summed E-state index contributed by atoms with van der Waals surface area (Å²) in [7, 11) is 1.75. The van der Waals surface area contributed by atoms with Crippen molar-refractivity contribution in [3.05, 3.63) is 57.5 Å². The maximum atomic E-state index is 12.8. The highest BCUT2D eigenvalue weighted by Gasteiger charge is 2.15. The second-order valence-electron chi connectivity index (χ2n) is 4.22. The lowest BCUT2D eigenvalue weighted by molar-refractivity contribution is 0.0789. The van der Waals surface area contributed by atoms with E-state index in [9.17, 15) is 9.18 Å². The number of halogens is 1. The van der Waals surface area contributed by atoms with Crippen LogP contribution in [-0.2, 0) is 6.54 Å². The van der Waals surface area contributed by atoms with E-state index in [4.69, 9.17) is 0 Å². The molecule has 0 atom stereocenters. The summed E-state index contributed by atoms with van der Waals surface area (Å²) in [4.78, 5) is 14.6. The number of nitrogens with zero attached hydrogens (tertiary/aromatic N) is 1. The van der Waals surface area contributed by atoms with Crippen molar-refractivity contribution in [2.24, 2.45) is 0 Å². The standard InChI is InChI=1S/C14H14FNOS/c1-10-7-8-18-13(10)14(17)16(2)9-11-3-5-12(15)6-4-11/h3-8H,9H2,1-2H3. The summed E-state index contributed by atoms with van der Waals surface area (Å²) in [5.74, 6) is -0.256. The third-order valence-corrected chi connectivity index (χ3v) is 3.74. The van der Waals surface area contributed by atoms with E-state index in [0.717, 1.165) is 16.0 Å². The number of hydrogen-bond acceptors (Lipinski definition) is 2. The average Bonchev–Trinajstić information content (AvgIpc) is 2.77. The van der Waals surface area contributed by atoms with Gasteiger partial charge in [-0.3, -0.25) is 4.79 Å². The number of benzene rings is 1. The highest BCUT2D eigenvalue weighted by Crippen LogP contribution is 2.18. The van der Waals surface area contributed by atoms with Crippen molar-refractivity contribution < 1.29 is 9.18 Å². The van der Waals surface area contributed by atoms with Gasteiger partial charge >= 0.3 is 0 Å². The topological polar surface area (TPSA) is 20.3 Å². The summed E-state index contributed by atoms with van der Waals surface area (Å²) in [6.45, 7) is 2.41. The monoisotopic (exact) mass is 263 g/mol. The van der Waals surface area contributed by atoms with Gasteiger partial charge < -0.3 is 4.90 Å². The number of aryl methyl sites for hydroxylation is 1. The van der Waals surface area contributed by atoms with Gasteiger partial charge in [-0.05, 0) is 41.6 Å². The predicted molar refractivity (Wildman–Crippen MR) is 71.3 cm³/mol. The van der Waals surface area contributed by atoms with Gasteiger partial charge in [0.25, 0.3) is 5.91 Å². The molecule has 94 valence electrons. The summed E-state index contributed by atoms with van der Waals surface area (Å²) >= 11 is 1.45. The average molecular weight is 263 g/mol. The Bertz CT molecular complexity index is 547. The molecule has 2 aromatic rings. The summed E-state index contributed by atoms with van der Waals surface area (Å²) in [6, 6.07) is 8.14. The van der Waals surface area contributed by atoms with E-state index < -0.39 is 0 Å². The molecule has 1 aromatic heterocycles. The maximum absolute atomic E-state index is 12.8. The number of hydrogen-bond donors (Lipinski definition) is 0. The van der Waals surface area contributed by atoms with Crippen LogP contribution in [0.25, 0.3) is 0 Å². The van der Waals surface area contributed by atoms with E-state index >= 15 is 0 Å². The highest BCUT2D eigenvalue weighted by atomic mass is 32.1. The van der Waals surface area contributed by atoms with Crippen molar-refractivity contribution in [2.45, 2.75) is 13.5 Å². The van der Waals surface area contributed by atoms with Gasteiger partial charge in [0.05, 0.1) is 4.88 Å². The van der Waals surface area contributed by atoms with Gasteiger partial charge in [-0.15, -0.1) is 11.3 Å². The van der Waals surface area contributed by atoms with Crippen molar-refractivity contribution in [3.8, 4) is 0 Å². The molecular formula is C14H14FNOS. The van der Waals surface area contributed by atoms with Gasteiger partial charge in [-0.2, -0.15) is 0 Å². The lowest BCUT2D eigenvalue weighted by atomic mass is 10.2. The zero-order valence-electron chi connectivity index (χ0n) is 10.3. The smallest absolute Gasteiger partial charge is 0.264 e. The van der Waals surface area contributed by atoms with E-state index in [2.05, 4.69) is 0 Å². The largest absolute Gasteiger partial charge is 0.337 e. The molecule has 0 fully saturated rings. The summed E-state index contributed by atoms with van der Waals surface area (Å²) in [5.41, 5.74) is 1.91. The molecule has 0 aliphatic rings. The van der Waals surface area contributed by atoms with Crippen LogP contribution in [0.1, 0.15) is 20.8 Å². The minimum Gasteiger partial charge on any atom is -0.337 e. The van der Waals surface area contributed by atoms with E-state index in [1.807, 2.05) is 18.4 Å². The minimum absolute atomic E-state index is 0.00632. The van der Waals surface area contributed by atoms with Crippen LogP contribution in [0.4, 0.5) is 4.39 Å². The molecular weight excluding hydrogens is 249 g/mol. The molecule has 4 heteroatoms. The summed E-state index contributed by atoms with van der Waals surface area (Å²) in [5, 5.41) is 1.91. The van der Waals surface area contributed by atoms with Crippen LogP contribution in [0.15, 0.2) is 35.7 Å². The molecule has 0 bridgehead atoms. The Morgan fingerprint density at radius 3 is 2.50 bits per heavy atom. The molecule has 1 aromatic carbocycles. The second-order valence-corrected chi connectivity index (χ2v) is 5.14. The third kappa shape index (κ3) is 2.76. The SMILES string of the molecule is Cc1ccsc1C(=O)N(C)Cc1ccc(F)cc1. The van der Waals surface area contributed by atoms with Gasteiger partial charge in [-0.1, -0.05) is 12.1 Å². The fraction of sp³-hybridized carbons (Fsp3) is 0.214. The summed E-state index contributed by atoms with van der Waals surface area (Å²) < 4.78 is 12.8. The van der Waals surface area contributed by atoms with E-state index in [1.54, 1.807) is 24.1 Å². The molecule has 0 aliphatic carbocycles. The fourth-order valence-electron chi connectivity index (χ4n) is 1.70. The molecule has 18 heavy (non-hydrogen) atoms. The van der Waals surface area contributed by atoms with Gasteiger partial charge in [0.1, 0.15) is 5.82 Å². The molecule has 0 aliphatic heterocycles. The first-order chi connectivity index (χ1) is 8.58. The maximum Gasteiger partial charge on any atom is 0.264 e. The lowest BCUT2D eigenvalue weighted by Gasteiger charge is -2.16. The number of rotatable bonds is 3. The van der Waals surface area contributed by atoms with Crippen LogP contribution in [-0.4, -0.2) is 17.9 Å². The van der Waals surface area contributed by atoms with Gasteiger partial charge in [0, 0.05) is 13.6 Å². The quantitative estimate of drug-likeness (QED) is 0.830. The second kappa shape index (κ2) is 5.31. The molecule has 0 N–H and O–H groups in total. The number of carbonyl (C=O) groups excluding carboxylic acids is 1. The number of thiophene rings is 1. The van der Waals surface area contributed by atoms with Crippen molar-refractivity contribution >= 4 is 17.2 Å². The number of carbonyl (C=O) groups is 1. The Morgan fingerprint density at radius 1 is 1.28 bits per heavy atom. The van der Waals surface area contributed by atoms with Crippen molar-refractivity contribution in [3.63, 3.8) is 0 Å². The molecule has 0 saturated carbocycles. The Balaban J connectivity index is 2.08. The van der Waals surface area contributed by atoms with E-state index in [1.165, 1.54) is 23.5 Å². The van der Waals surface area contributed by atoms with Crippen molar-refractivity contribution in [1.82, 2.24) is 4.90 Å². The van der Waals surface area contributed by atoms with Crippen LogP contribution in [0.3, 0.4) is 0 Å². The van der Waals surface area contributed by atoms with E-state index in [0.29, 0.717) is 6.54 Å². The first-order valence-electron chi connectivity index (χ1n) is 5.62. The van der Waals surface area contributed by atoms with Crippen LogP contribution in [0.5, 0.6) is 0 Å². The van der Waals surface area contributed by atoms with Crippen LogP contribution in [0, 0.1) is 12.7 Å². The Morgan fingerprint density at radius 2 is 1.94 bits per heavy atom. The van der Waals surface area contributed by atoms with E-state index in [-0.39, 0.29) is 11.7 Å². The molecule has 0 saturated heterocycles. The Hall–Kier alpha value is -1.68. The molecule has 0 unspecified atom stereocenters. The van der Waals surface area contributed by atoms with Crippen molar-refractivity contribution in [2.75, 3.05) is 7.05 Å². The molecule has 1 heterocycles. The van der Waals surface area contributed by atoms with Crippen LogP contribution >= 0.6 is 11.3 Å². The zero-order valence-corrected chi connectivity index (χ0v) is 11.1. The third-order valence-electron chi connectivity index (χ3n) is 2.74. The summed E-state index contributed by atoms with van der Waals surface area (Å²) in [6.07, 6.45) is 0. The van der Waals surface area contributed by atoms with Gasteiger partial charge in [0.2, 0.25) is 0 Å². The molecule has 0 spiro atoms. The first-order valence-corrected chi connectivity index (χ1v) is 6.50. The predicted octanol–water partition coefficient (Wildman–Crippen LogP) is 3.47. The van der Waals surface area contributed by atoms with Gasteiger partial charge in [0.15, 0.2) is 0 Å². The van der Waals surface area contributed by atoms with Crippen LogP contribution < -0.4 is 0 Å². The number of amides is 1. The van der Waals surface area contributed by atoms with Crippen molar-refractivity contribution in [1.29, 1.82) is 0 Å². The Kier molecular flexibility index (Phi) is 3.77. The lowest BCUT2D eigenvalue weighted by Crippen LogP contribution is -2.25. The van der Waals surface area contributed by atoms with Crippen LogP contribution in [0.2, 0.25) is 0 Å². The first kappa shape index (κ1) is 12.8. The zero-order chi connectivity index (χ0) is 13.1. The molecule has 1 amide bonds. The normalized spacial score (nSPS) is 10.4. The van der Waals surface area contributed by atoms with Gasteiger partial charge in [-0.25, -0.2) is 4.39 Å². The molecule has 0 radical (unpaired) electrons. The highest BCUT2D eigenvalue weighted by molar-refractivity contribution is 7.12. The minimum atomic E-state index is -0.262.